The minimum atomic E-state index is -0.0192. The monoisotopic (exact) mass is 365 g/mol. The van der Waals surface area contributed by atoms with Crippen LogP contribution >= 0.6 is 11.8 Å². The van der Waals surface area contributed by atoms with E-state index in [2.05, 4.69) is 22.9 Å². The fraction of sp³-hybridized carbons (Fsp3) is 0.895. The molecule has 2 aliphatic carbocycles. The second kappa shape index (κ2) is 7.37. The van der Waals surface area contributed by atoms with E-state index in [0.29, 0.717) is 29.7 Å². The Labute approximate surface area is 154 Å². The van der Waals surface area contributed by atoms with Crippen molar-refractivity contribution in [2.45, 2.75) is 81.7 Å². The highest BCUT2D eigenvalue weighted by Gasteiger charge is 2.43. The summed E-state index contributed by atoms with van der Waals surface area (Å²) in [6.07, 6.45) is 9.26. The van der Waals surface area contributed by atoms with Crippen molar-refractivity contribution in [2.75, 3.05) is 5.75 Å². The molecule has 3 N–H and O–H groups in total. The Bertz CT molecular complexity index is 529. The van der Waals surface area contributed by atoms with Gasteiger partial charge in [-0.3, -0.25) is 4.79 Å². The van der Waals surface area contributed by atoms with Crippen molar-refractivity contribution in [1.82, 2.24) is 16.0 Å². The van der Waals surface area contributed by atoms with Crippen LogP contribution in [0.25, 0.3) is 0 Å². The first-order valence-corrected chi connectivity index (χ1v) is 11.1. The van der Waals surface area contributed by atoms with Crippen molar-refractivity contribution in [1.29, 1.82) is 0 Å². The average molecular weight is 366 g/mol. The standard InChI is InChI=1S/C19H31N3O2S/c1-11(14-9-12-6-7-13(14)8-12)20-17(23)5-3-2-4-16-18-15(10-25-16)21-19(24)22-18/h11-16,18H,2-10H2,1H3,(H,20,23)(H2,21,22,24)/t11-,12-,13-,14-,15-,16-,18-/m0/s1. The summed E-state index contributed by atoms with van der Waals surface area (Å²) >= 11 is 1.95. The van der Waals surface area contributed by atoms with Gasteiger partial charge >= 0.3 is 6.03 Å². The Morgan fingerprint density at radius 3 is 2.92 bits per heavy atom. The zero-order valence-corrected chi connectivity index (χ0v) is 15.9. The van der Waals surface area contributed by atoms with Gasteiger partial charge in [0.15, 0.2) is 0 Å². The zero-order valence-electron chi connectivity index (χ0n) is 15.1. The SMILES string of the molecule is C[C@H](NC(=O)CCCC[C@@H]1SC[C@@H]2NC(=O)N[C@@H]21)[C@@H]1C[C@H]2CC[C@H]1C2. The van der Waals surface area contributed by atoms with Crippen LogP contribution in [0.3, 0.4) is 0 Å². The molecule has 4 aliphatic rings. The van der Waals surface area contributed by atoms with Crippen LogP contribution in [0.15, 0.2) is 0 Å². The molecule has 2 saturated carbocycles. The van der Waals surface area contributed by atoms with Gasteiger partial charge in [-0.2, -0.15) is 11.8 Å². The van der Waals surface area contributed by atoms with E-state index in [1.165, 1.54) is 25.7 Å². The van der Waals surface area contributed by atoms with Crippen LogP contribution in [0.1, 0.15) is 58.3 Å². The molecule has 0 spiro atoms. The summed E-state index contributed by atoms with van der Waals surface area (Å²) < 4.78 is 0. The molecule has 0 aromatic heterocycles. The first-order chi connectivity index (χ1) is 12.1. The van der Waals surface area contributed by atoms with E-state index in [1.807, 2.05) is 11.8 Å². The second-order valence-corrected chi connectivity index (χ2v) is 9.83. The minimum absolute atomic E-state index is 0.0192. The van der Waals surface area contributed by atoms with Gasteiger partial charge in [0, 0.05) is 23.5 Å². The average Bonchev–Trinajstić information content (AvgIpc) is 3.33. The largest absolute Gasteiger partial charge is 0.353 e. The van der Waals surface area contributed by atoms with Crippen LogP contribution in [0.4, 0.5) is 4.79 Å². The summed E-state index contributed by atoms with van der Waals surface area (Å²) in [5, 5.41) is 9.78. The van der Waals surface area contributed by atoms with Crippen molar-refractivity contribution in [3.05, 3.63) is 0 Å². The Morgan fingerprint density at radius 2 is 2.16 bits per heavy atom. The number of nitrogens with one attached hydrogen (secondary N) is 3. The number of urea groups is 1. The Balaban J connectivity index is 1.12. The number of carbonyl (C=O) groups is 2. The Morgan fingerprint density at radius 1 is 1.28 bits per heavy atom. The first-order valence-electron chi connectivity index (χ1n) is 10.1. The molecule has 2 aliphatic heterocycles. The van der Waals surface area contributed by atoms with E-state index in [9.17, 15) is 9.59 Å². The molecular weight excluding hydrogens is 334 g/mol. The summed E-state index contributed by atoms with van der Waals surface area (Å²) in [5.41, 5.74) is 0. The van der Waals surface area contributed by atoms with Crippen LogP contribution in [0.2, 0.25) is 0 Å². The number of rotatable bonds is 7. The van der Waals surface area contributed by atoms with Crippen LogP contribution in [0.5, 0.6) is 0 Å². The normalized spacial score (nSPS) is 39.8. The van der Waals surface area contributed by atoms with Gasteiger partial charge in [-0.15, -0.1) is 0 Å². The third kappa shape index (κ3) is 3.79. The smallest absolute Gasteiger partial charge is 0.315 e. The number of fused-ring (bicyclic) bond motifs is 3. The van der Waals surface area contributed by atoms with Crippen LogP contribution in [-0.2, 0) is 4.79 Å². The van der Waals surface area contributed by atoms with Gasteiger partial charge in [0.05, 0.1) is 12.1 Å². The number of carbonyl (C=O) groups excluding carboxylic acids is 2. The van der Waals surface area contributed by atoms with E-state index < -0.39 is 0 Å². The molecule has 140 valence electrons. The fourth-order valence-electron chi connectivity index (χ4n) is 5.61. The molecule has 4 fully saturated rings. The predicted molar refractivity (Wildman–Crippen MR) is 101 cm³/mol. The maximum Gasteiger partial charge on any atom is 0.315 e. The zero-order chi connectivity index (χ0) is 17.4. The molecule has 7 atom stereocenters. The number of hydrogen-bond donors (Lipinski definition) is 3. The summed E-state index contributed by atoms with van der Waals surface area (Å²) in [6, 6.07) is 0.903. The lowest BCUT2D eigenvalue weighted by Gasteiger charge is -2.28. The van der Waals surface area contributed by atoms with Crippen molar-refractivity contribution < 1.29 is 9.59 Å². The molecule has 2 bridgehead atoms. The van der Waals surface area contributed by atoms with Crippen molar-refractivity contribution in [3.8, 4) is 0 Å². The molecule has 25 heavy (non-hydrogen) atoms. The van der Waals surface area contributed by atoms with Crippen molar-refractivity contribution >= 4 is 23.7 Å². The molecule has 4 rings (SSSR count). The molecule has 5 nitrogen and oxygen atoms in total. The van der Waals surface area contributed by atoms with E-state index in [-0.39, 0.29) is 18.0 Å². The number of unbranched alkanes of at least 4 members (excludes halogenated alkanes) is 1. The maximum atomic E-state index is 12.3. The quantitative estimate of drug-likeness (QED) is 0.480. The molecule has 2 heterocycles. The lowest BCUT2D eigenvalue weighted by molar-refractivity contribution is -0.122. The molecule has 3 amide bonds. The summed E-state index contributed by atoms with van der Waals surface area (Å²) in [6.45, 7) is 2.20. The topological polar surface area (TPSA) is 70.2 Å². The van der Waals surface area contributed by atoms with Gasteiger partial charge in [-0.05, 0) is 56.8 Å². The fourth-order valence-corrected chi connectivity index (χ4v) is 7.16. The van der Waals surface area contributed by atoms with E-state index in [1.54, 1.807) is 0 Å². The molecule has 6 heteroatoms. The van der Waals surface area contributed by atoms with Crippen molar-refractivity contribution in [3.63, 3.8) is 0 Å². The third-order valence-electron chi connectivity index (χ3n) is 6.90. The molecule has 0 aromatic carbocycles. The second-order valence-electron chi connectivity index (χ2n) is 8.56. The number of hydrogen-bond acceptors (Lipinski definition) is 3. The lowest BCUT2D eigenvalue weighted by Crippen LogP contribution is -2.40. The molecule has 2 saturated heterocycles. The van der Waals surface area contributed by atoms with Gasteiger partial charge < -0.3 is 16.0 Å². The van der Waals surface area contributed by atoms with Gasteiger partial charge in [-0.25, -0.2) is 4.79 Å². The van der Waals surface area contributed by atoms with Crippen LogP contribution in [0, 0.1) is 17.8 Å². The minimum Gasteiger partial charge on any atom is -0.353 e. The van der Waals surface area contributed by atoms with E-state index >= 15 is 0 Å². The summed E-state index contributed by atoms with van der Waals surface area (Å²) in [4.78, 5) is 23.7. The van der Waals surface area contributed by atoms with Gasteiger partial charge in [0.2, 0.25) is 5.91 Å². The molecule has 0 unspecified atom stereocenters. The van der Waals surface area contributed by atoms with E-state index in [0.717, 1.165) is 36.9 Å². The van der Waals surface area contributed by atoms with E-state index in [4.69, 9.17) is 0 Å². The first kappa shape index (κ1) is 17.5. The number of amides is 3. The van der Waals surface area contributed by atoms with Crippen LogP contribution in [-0.4, -0.2) is 41.1 Å². The van der Waals surface area contributed by atoms with Gasteiger partial charge in [0.25, 0.3) is 0 Å². The Kier molecular flexibility index (Phi) is 5.16. The van der Waals surface area contributed by atoms with Crippen molar-refractivity contribution in [2.24, 2.45) is 17.8 Å². The highest BCUT2D eigenvalue weighted by Crippen LogP contribution is 2.49. The third-order valence-corrected chi connectivity index (χ3v) is 8.41. The maximum absolute atomic E-state index is 12.3. The number of thioether (sulfide) groups is 1. The molecule has 0 radical (unpaired) electrons. The highest BCUT2D eigenvalue weighted by atomic mass is 32.2. The molecular formula is C19H31N3O2S. The Hall–Kier alpha value is -0.910. The molecule has 0 aromatic rings. The lowest BCUT2D eigenvalue weighted by atomic mass is 9.84. The summed E-state index contributed by atoms with van der Waals surface area (Å²) in [5.74, 6) is 3.75. The predicted octanol–water partition coefficient (Wildman–Crippen LogP) is 2.65. The summed E-state index contributed by atoms with van der Waals surface area (Å²) in [7, 11) is 0. The van der Waals surface area contributed by atoms with Crippen LogP contribution < -0.4 is 16.0 Å². The van der Waals surface area contributed by atoms with Gasteiger partial charge in [-0.1, -0.05) is 12.8 Å². The highest BCUT2D eigenvalue weighted by molar-refractivity contribution is 8.00. The van der Waals surface area contributed by atoms with Gasteiger partial charge in [0.1, 0.15) is 0 Å².